The van der Waals surface area contributed by atoms with E-state index in [1.807, 2.05) is 32.9 Å². The third-order valence-corrected chi connectivity index (χ3v) is 4.08. The van der Waals surface area contributed by atoms with Gasteiger partial charge >= 0.3 is 6.09 Å². The fraction of sp³-hybridized carbons (Fsp3) is 0.500. The first kappa shape index (κ1) is 18.0. The van der Waals surface area contributed by atoms with Crippen LogP contribution < -0.4 is 10.5 Å². The highest BCUT2D eigenvalue weighted by Crippen LogP contribution is 2.32. The van der Waals surface area contributed by atoms with Crippen molar-refractivity contribution >= 4 is 11.8 Å². The highest BCUT2D eigenvalue weighted by Gasteiger charge is 2.34. The zero-order valence-corrected chi connectivity index (χ0v) is 15.6. The maximum absolute atomic E-state index is 12.0. The summed E-state index contributed by atoms with van der Waals surface area (Å²) in [5.74, 6) is 1.47. The molecule has 0 spiro atoms. The topological polar surface area (TPSA) is 95.5 Å². The predicted molar refractivity (Wildman–Crippen MR) is 97.7 cm³/mol. The molecule has 0 bridgehead atoms. The van der Waals surface area contributed by atoms with Gasteiger partial charge in [0.2, 0.25) is 0 Å². The van der Waals surface area contributed by atoms with E-state index in [1.165, 1.54) is 0 Å². The summed E-state index contributed by atoms with van der Waals surface area (Å²) in [5, 5.41) is 4.52. The summed E-state index contributed by atoms with van der Waals surface area (Å²) in [6, 6.07) is 5.50. The molecule has 0 radical (unpaired) electrons. The lowest BCUT2D eigenvalue weighted by Gasteiger charge is -2.39. The number of anilines is 1. The molecule has 1 saturated heterocycles. The van der Waals surface area contributed by atoms with Crippen LogP contribution in [0.2, 0.25) is 0 Å². The van der Waals surface area contributed by atoms with Crippen LogP contribution in [0, 0.1) is 5.92 Å². The highest BCUT2D eigenvalue weighted by molar-refractivity contribution is 5.73. The van der Waals surface area contributed by atoms with Gasteiger partial charge in [0.25, 0.3) is 0 Å². The molecule has 2 N–H and O–H groups in total. The average Bonchev–Trinajstić information content (AvgIpc) is 2.96. The van der Waals surface area contributed by atoms with E-state index in [1.54, 1.807) is 29.1 Å². The van der Waals surface area contributed by atoms with E-state index in [2.05, 4.69) is 10.1 Å². The number of hydrogen-bond acceptors (Lipinski definition) is 6. The minimum atomic E-state index is -0.473. The van der Waals surface area contributed by atoms with Crippen molar-refractivity contribution in [2.24, 2.45) is 5.92 Å². The summed E-state index contributed by atoms with van der Waals surface area (Å²) in [4.78, 5) is 18.0. The molecular formula is C18H25N5O3. The molecule has 1 fully saturated rings. The van der Waals surface area contributed by atoms with Crippen molar-refractivity contribution in [2.45, 2.75) is 32.9 Å². The number of para-hydroxylation sites is 1. The van der Waals surface area contributed by atoms with Crippen LogP contribution in [0.15, 0.2) is 24.5 Å². The van der Waals surface area contributed by atoms with Gasteiger partial charge in [-0.05, 0) is 32.9 Å². The second-order valence-corrected chi connectivity index (χ2v) is 7.47. The molecule has 1 amide bonds. The minimum Gasteiger partial charge on any atom is -0.494 e. The fourth-order valence-corrected chi connectivity index (χ4v) is 2.89. The van der Waals surface area contributed by atoms with Gasteiger partial charge in [0.05, 0.1) is 18.4 Å². The van der Waals surface area contributed by atoms with Gasteiger partial charge in [-0.1, -0.05) is 6.07 Å². The summed E-state index contributed by atoms with van der Waals surface area (Å²) in [6.45, 7) is 7.60. The Balaban J connectivity index is 1.59. The maximum atomic E-state index is 12.0. The lowest BCUT2D eigenvalue weighted by molar-refractivity contribution is -0.00384. The summed E-state index contributed by atoms with van der Waals surface area (Å²) in [5.41, 5.74) is 6.77. The third-order valence-electron chi connectivity index (χ3n) is 4.08. The van der Waals surface area contributed by atoms with E-state index < -0.39 is 5.60 Å². The van der Waals surface area contributed by atoms with Crippen molar-refractivity contribution in [3.63, 3.8) is 0 Å². The second kappa shape index (κ2) is 6.86. The second-order valence-electron chi connectivity index (χ2n) is 7.47. The van der Waals surface area contributed by atoms with Gasteiger partial charge in [-0.3, -0.25) is 4.68 Å². The number of nitrogens with two attached hydrogens (primary N) is 1. The molecule has 8 nitrogen and oxygen atoms in total. The number of aromatic nitrogens is 3. The third kappa shape index (κ3) is 3.89. The molecule has 1 aliphatic heterocycles. The van der Waals surface area contributed by atoms with Crippen molar-refractivity contribution in [3.8, 4) is 17.1 Å². The van der Waals surface area contributed by atoms with E-state index in [-0.39, 0.29) is 6.09 Å². The Labute approximate surface area is 152 Å². The van der Waals surface area contributed by atoms with Crippen LogP contribution in [-0.2, 0) is 11.3 Å². The zero-order valence-electron chi connectivity index (χ0n) is 15.6. The molecule has 0 atom stereocenters. The van der Waals surface area contributed by atoms with Crippen LogP contribution in [-0.4, -0.2) is 51.6 Å². The van der Waals surface area contributed by atoms with Gasteiger partial charge in [0.1, 0.15) is 11.9 Å². The van der Waals surface area contributed by atoms with E-state index in [0.717, 1.165) is 5.56 Å². The van der Waals surface area contributed by atoms with Gasteiger partial charge in [0.15, 0.2) is 11.6 Å². The Morgan fingerprint density at radius 3 is 2.73 bits per heavy atom. The first-order valence-electron chi connectivity index (χ1n) is 8.57. The van der Waals surface area contributed by atoms with Crippen molar-refractivity contribution < 1.29 is 14.3 Å². The lowest BCUT2D eigenvalue weighted by atomic mass is 10.0. The number of hydrogen-bond donors (Lipinski definition) is 1. The molecule has 0 unspecified atom stereocenters. The van der Waals surface area contributed by atoms with Gasteiger partial charge in [-0.15, -0.1) is 0 Å². The fourth-order valence-electron chi connectivity index (χ4n) is 2.89. The molecule has 140 valence electrons. The van der Waals surface area contributed by atoms with Crippen molar-refractivity contribution in [2.75, 3.05) is 25.9 Å². The molecule has 0 saturated carbocycles. The molecule has 1 aliphatic rings. The number of likely N-dealkylation sites (tertiary alicyclic amines) is 1. The molecule has 8 heteroatoms. The number of nitrogens with zero attached hydrogens (tertiary/aromatic N) is 4. The SMILES string of the molecule is COc1c(N)cccc1-c1ncn(CC2CN(C(=O)OC(C)(C)C)C2)n1. The number of methoxy groups -OCH3 is 1. The molecule has 2 heterocycles. The summed E-state index contributed by atoms with van der Waals surface area (Å²) in [7, 11) is 1.58. The van der Waals surface area contributed by atoms with E-state index in [9.17, 15) is 4.79 Å². The predicted octanol–water partition coefficient (Wildman–Crippen LogP) is 2.40. The summed E-state index contributed by atoms with van der Waals surface area (Å²) < 4.78 is 12.5. The molecule has 2 aromatic rings. The van der Waals surface area contributed by atoms with Crippen molar-refractivity contribution in [1.29, 1.82) is 0 Å². The number of carbonyl (C=O) groups excluding carboxylic acids is 1. The Morgan fingerprint density at radius 2 is 2.08 bits per heavy atom. The van der Waals surface area contributed by atoms with Crippen LogP contribution in [0.4, 0.5) is 10.5 Å². The van der Waals surface area contributed by atoms with Crippen LogP contribution in [0.3, 0.4) is 0 Å². The monoisotopic (exact) mass is 359 g/mol. The molecule has 1 aromatic heterocycles. The first-order valence-corrected chi connectivity index (χ1v) is 8.57. The number of ether oxygens (including phenoxy) is 2. The first-order chi connectivity index (χ1) is 12.3. The summed E-state index contributed by atoms with van der Waals surface area (Å²) >= 11 is 0. The van der Waals surface area contributed by atoms with Gasteiger partial charge < -0.3 is 20.1 Å². The van der Waals surface area contributed by atoms with Crippen molar-refractivity contribution in [3.05, 3.63) is 24.5 Å². The van der Waals surface area contributed by atoms with Crippen LogP contribution >= 0.6 is 0 Å². The van der Waals surface area contributed by atoms with Crippen molar-refractivity contribution in [1.82, 2.24) is 19.7 Å². The Morgan fingerprint density at radius 1 is 1.35 bits per heavy atom. The molecule has 3 rings (SSSR count). The number of rotatable bonds is 4. The Hall–Kier alpha value is -2.77. The van der Waals surface area contributed by atoms with Crippen LogP contribution in [0.1, 0.15) is 20.8 Å². The van der Waals surface area contributed by atoms with E-state index in [4.69, 9.17) is 15.2 Å². The molecule has 1 aromatic carbocycles. The van der Waals surface area contributed by atoms with Crippen LogP contribution in [0.25, 0.3) is 11.4 Å². The minimum absolute atomic E-state index is 0.266. The Kier molecular flexibility index (Phi) is 4.76. The Bertz CT molecular complexity index is 790. The van der Waals surface area contributed by atoms with Gasteiger partial charge in [0, 0.05) is 25.6 Å². The maximum Gasteiger partial charge on any atom is 0.410 e. The molecule has 0 aliphatic carbocycles. The normalized spacial score (nSPS) is 14.8. The van der Waals surface area contributed by atoms with Gasteiger partial charge in [-0.25, -0.2) is 9.78 Å². The van der Waals surface area contributed by atoms with E-state index in [0.29, 0.717) is 42.8 Å². The van der Waals surface area contributed by atoms with Gasteiger partial charge in [-0.2, -0.15) is 5.10 Å². The average molecular weight is 359 g/mol. The number of benzene rings is 1. The van der Waals surface area contributed by atoms with E-state index >= 15 is 0 Å². The standard InChI is InChI=1S/C18H25N5O3/c1-18(2,3)26-17(24)22-8-12(9-22)10-23-11-20-16(21-23)13-6-5-7-14(19)15(13)25-4/h5-7,11-12H,8-10,19H2,1-4H3. The van der Waals surface area contributed by atoms with Crippen LogP contribution in [0.5, 0.6) is 5.75 Å². The quantitative estimate of drug-likeness (QED) is 0.842. The smallest absolute Gasteiger partial charge is 0.410 e. The molecular weight excluding hydrogens is 334 g/mol. The number of amides is 1. The number of carbonyl (C=O) groups is 1. The lowest BCUT2D eigenvalue weighted by Crippen LogP contribution is -2.52. The highest BCUT2D eigenvalue weighted by atomic mass is 16.6. The molecule has 26 heavy (non-hydrogen) atoms. The number of nitrogen functional groups attached to an aromatic ring is 1. The zero-order chi connectivity index (χ0) is 18.9. The largest absolute Gasteiger partial charge is 0.494 e. The summed E-state index contributed by atoms with van der Waals surface area (Å²) in [6.07, 6.45) is 1.42.